The number of aliphatic hydroxyl groups excluding tert-OH is 1. The maximum atomic E-state index is 10.8. The summed E-state index contributed by atoms with van der Waals surface area (Å²) < 4.78 is 0. The van der Waals surface area contributed by atoms with Crippen LogP contribution in [0.4, 0.5) is 5.69 Å². The molecule has 0 saturated heterocycles. The van der Waals surface area contributed by atoms with Gasteiger partial charge in [-0.25, -0.2) is 0 Å². The smallest absolute Gasteiger partial charge is 0.151 e. The lowest BCUT2D eigenvalue weighted by atomic mass is 10.1. The number of hydrogen-bond donors (Lipinski definition) is 1. The van der Waals surface area contributed by atoms with Gasteiger partial charge in [0.05, 0.1) is 11.6 Å². The predicted octanol–water partition coefficient (Wildman–Crippen LogP) is 3.15. The number of aliphatic hydroxyl groups is 1. The summed E-state index contributed by atoms with van der Waals surface area (Å²) in [5.41, 5.74) is 2.51. The van der Waals surface area contributed by atoms with E-state index in [1.54, 1.807) is 12.1 Å². The average molecular weight is 290 g/mol. The molecule has 0 heterocycles. The second kappa shape index (κ2) is 7.08. The first-order valence-electron chi connectivity index (χ1n) is 6.39. The maximum Gasteiger partial charge on any atom is 0.151 e. The van der Waals surface area contributed by atoms with Crippen molar-refractivity contribution in [3.05, 3.63) is 64.7 Å². The van der Waals surface area contributed by atoms with Crippen molar-refractivity contribution in [1.82, 2.24) is 0 Å². The molecule has 104 valence electrons. The van der Waals surface area contributed by atoms with E-state index in [-0.39, 0.29) is 6.61 Å². The number of nitrogens with zero attached hydrogens (tertiary/aromatic N) is 1. The SMILES string of the molecule is O=Cc1ccc(N(CCO)Cc2ccccc2)cc1Cl. The molecule has 1 N–H and O–H groups in total. The largest absolute Gasteiger partial charge is 0.395 e. The summed E-state index contributed by atoms with van der Waals surface area (Å²) in [6.45, 7) is 1.24. The first-order valence-corrected chi connectivity index (χ1v) is 6.77. The third kappa shape index (κ3) is 3.59. The van der Waals surface area contributed by atoms with Crippen molar-refractivity contribution in [1.29, 1.82) is 0 Å². The highest BCUT2D eigenvalue weighted by molar-refractivity contribution is 6.33. The van der Waals surface area contributed by atoms with Crippen molar-refractivity contribution in [3.63, 3.8) is 0 Å². The summed E-state index contributed by atoms with van der Waals surface area (Å²) in [5, 5.41) is 9.64. The molecule has 0 radical (unpaired) electrons. The van der Waals surface area contributed by atoms with E-state index < -0.39 is 0 Å². The summed E-state index contributed by atoms with van der Waals surface area (Å²) in [6.07, 6.45) is 0.736. The molecule has 0 aliphatic carbocycles. The molecule has 0 aromatic heterocycles. The predicted molar refractivity (Wildman–Crippen MR) is 81.4 cm³/mol. The van der Waals surface area contributed by atoms with Gasteiger partial charge < -0.3 is 10.0 Å². The Morgan fingerprint density at radius 3 is 2.50 bits per heavy atom. The highest BCUT2D eigenvalue weighted by atomic mass is 35.5. The molecular weight excluding hydrogens is 274 g/mol. The third-order valence-corrected chi connectivity index (χ3v) is 3.39. The molecule has 0 saturated carbocycles. The van der Waals surface area contributed by atoms with Crippen LogP contribution in [-0.4, -0.2) is 24.5 Å². The van der Waals surface area contributed by atoms with Crippen molar-refractivity contribution in [3.8, 4) is 0 Å². The Kier molecular flexibility index (Phi) is 5.16. The normalized spacial score (nSPS) is 10.3. The third-order valence-electron chi connectivity index (χ3n) is 3.06. The van der Waals surface area contributed by atoms with Gasteiger partial charge in [-0.15, -0.1) is 0 Å². The number of halogens is 1. The maximum absolute atomic E-state index is 10.8. The average Bonchev–Trinajstić information content (AvgIpc) is 2.48. The highest BCUT2D eigenvalue weighted by Crippen LogP contribution is 2.24. The molecule has 2 aromatic rings. The van der Waals surface area contributed by atoms with E-state index in [4.69, 9.17) is 11.6 Å². The number of carbonyl (C=O) groups is 1. The fourth-order valence-electron chi connectivity index (χ4n) is 2.03. The number of carbonyl (C=O) groups excluding carboxylic acids is 1. The van der Waals surface area contributed by atoms with Gasteiger partial charge in [-0.2, -0.15) is 0 Å². The Hall–Kier alpha value is -1.84. The Bertz CT molecular complexity index is 572. The molecule has 0 fully saturated rings. The molecule has 3 nitrogen and oxygen atoms in total. The number of hydrogen-bond acceptors (Lipinski definition) is 3. The zero-order valence-corrected chi connectivity index (χ0v) is 11.8. The fraction of sp³-hybridized carbons (Fsp3) is 0.188. The summed E-state index contributed by atoms with van der Waals surface area (Å²) in [7, 11) is 0. The van der Waals surface area contributed by atoms with Crippen molar-refractivity contribution in [2.24, 2.45) is 0 Å². The van der Waals surface area contributed by atoms with Crippen LogP contribution in [0.3, 0.4) is 0 Å². The zero-order chi connectivity index (χ0) is 14.4. The molecule has 0 unspecified atom stereocenters. The van der Waals surface area contributed by atoms with Crippen molar-refractivity contribution < 1.29 is 9.90 Å². The van der Waals surface area contributed by atoms with E-state index in [2.05, 4.69) is 0 Å². The van der Waals surface area contributed by atoms with Crippen molar-refractivity contribution in [2.45, 2.75) is 6.54 Å². The van der Waals surface area contributed by atoms with Crippen molar-refractivity contribution >= 4 is 23.6 Å². The zero-order valence-electron chi connectivity index (χ0n) is 11.0. The standard InChI is InChI=1S/C16H16ClNO2/c17-16-10-15(7-6-14(16)12-20)18(8-9-19)11-13-4-2-1-3-5-13/h1-7,10,12,19H,8-9,11H2. The number of anilines is 1. The summed E-state index contributed by atoms with van der Waals surface area (Å²) in [4.78, 5) is 12.8. The van der Waals surface area contributed by atoms with Gasteiger partial charge in [0, 0.05) is 24.3 Å². The lowest BCUT2D eigenvalue weighted by Crippen LogP contribution is -2.26. The molecule has 0 spiro atoms. The number of benzene rings is 2. The van der Waals surface area contributed by atoms with Crippen LogP contribution >= 0.6 is 11.6 Å². The van der Waals surface area contributed by atoms with Gasteiger partial charge in [-0.1, -0.05) is 41.9 Å². The minimum Gasteiger partial charge on any atom is -0.395 e. The fourth-order valence-corrected chi connectivity index (χ4v) is 2.25. The van der Waals surface area contributed by atoms with E-state index >= 15 is 0 Å². The van der Waals surface area contributed by atoms with Gasteiger partial charge >= 0.3 is 0 Å². The molecule has 2 rings (SSSR count). The second-order valence-electron chi connectivity index (χ2n) is 4.45. The molecule has 0 bridgehead atoms. The van der Waals surface area contributed by atoms with Gasteiger partial charge in [0.15, 0.2) is 6.29 Å². The Morgan fingerprint density at radius 2 is 1.90 bits per heavy atom. The Morgan fingerprint density at radius 1 is 1.15 bits per heavy atom. The summed E-state index contributed by atoms with van der Waals surface area (Å²) in [5.74, 6) is 0. The monoisotopic (exact) mass is 289 g/mol. The summed E-state index contributed by atoms with van der Waals surface area (Å²) in [6, 6.07) is 15.3. The van der Waals surface area contributed by atoms with Gasteiger partial charge in [0.2, 0.25) is 0 Å². The first-order chi connectivity index (χ1) is 9.74. The molecule has 0 aliphatic rings. The Balaban J connectivity index is 2.24. The lowest BCUT2D eigenvalue weighted by molar-refractivity contribution is 0.112. The topological polar surface area (TPSA) is 40.5 Å². The van der Waals surface area contributed by atoms with Gasteiger partial charge in [-0.05, 0) is 23.8 Å². The van der Waals surface area contributed by atoms with Gasteiger partial charge in [0.25, 0.3) is 0 Å². The molecule has 0 atom stereocenters. The van der Waals surface area contributed by atoms with E-state index in [1.165, 1.54) is 0 Å². The van der Waals surface area contributed by atoms with E-state index in [9.17, 15) is 9.90 Å². The number of aldehydes is 1. The van der Waals surface area contributed by atoms with Crippen LogP contribution in [0.25, 0.3) is 0 Å². The van der Waals surface area contributed by atoms with Gasteiger partial charge in [0.1, 0.15) is 0 Å². The van der Waals surface area contributed by atoms with Crippen molar-refractivity contribution in [2.75, 3.05) is 18.1 Å². The quantitative estimate of drug-likeness (QED) is 0.831. The Labute approximate surface area is 123 Å². The molecule has 20 heavy (non-hydrogen) atoms. The highest BCUT2D eigenvalue weighted by Gasteiger charge is 2.09. The second-order valence-corrected chi connectivity index (χ2v) is 4.86. The van der Waals surface area contributed by atoms with Crippen LogP contribution in [-0.2, 0) is 6.54 Å². The van der Waals surface area contributed by atoms with Crippen LogP contribution in [0.15, 0.2) is 48.5 Å². The van der Waals surface area contributed by atoms with Crippen LogP contribution in [0.5, 0.6) is 0 Å². The van der Waals surface area contributed by atoms with Crippen LogP contribution in [0.1, 0.15) is 15.9 Å². The van der Waals surface area contributed by atoms with E-state index in [1.807, 2.05) is 41.3 Å². The summed E-state index contributed by atoms with van der Waals surface area (Å²) >= 11 is 6.06. The molecule has 2 aromatic carbocycles. The molecule has 4 heteroatoms. The lowest BCUT2D eigenvalue weighted by Gasteiger charge is -2.24. The molecule has 0 aliphatic heterocycles. The molecule has 0 amide bonds. The van der Waals surface area contributed by atoms with Gasteiger partial charge in [-0.3, -0.25) is 4.79 Å². The van der Waals surface area contributed by atoms with Crippen LogP contribution in [0.2, 0.25) is 5.02 Å². The van der Waals surface area contributed by atoms with E-state index in [0.717, 1.165) is 17.5 Å². The molecular formula is C16H16ClNO2. The van der Waals surface area contributed by atoms with Crippen LogP contribution in [0, 0.1) is 0 Å². The van der Waals surface area contributed by atoms with Crippen LogP contribution < -0.4 is 4.90 Å². The first kappa shape index (κ1) is 14.6. The minimum atomic E-state index is 0.0554. The number of rotatable bonds is 6. The van der Waals surface area contributed by atoms with E-state index in [0.29, 0.717) is 23.7 Å². The minimum absolute atomic E-state index is 0.0554.